The van der Waals surface area contributed by atoms with Crippen LogP contribution in [0.3, 0.4) is 0 Å². The van der Waals surface area contributed by atoms with E-state index < -0.39 is 16.2 Å². The summed E-state index contributed by atoms with van der Waals surface area (Å²) in [5.41, 5.74) is 3.89. The number of nitrogens with one attached hydrogen (secondary N) is 2. The highest BCUT2D eigenvalue weighted by molar-refractivity contribution is 5.57. The summed E-state index contributed by atoms with van der Waals surface area (Å²) in [5, 5.41) is 20.6. The second-order valence-corrected chi connectivity index (χ2v) is 3.66. The number of nitro groups is 1. The van der Waals surface area contributed by atoms with Gasteiger partial charge in [-0.3, -0.25) is 19.9 Å². The first-order valence-corrected chi connectivity index (χ1v) is 5.50. The van der Waals surface area contributed by atoms with Crippen LogP contribution in [0.15, 0.2) is 16.9 Å². The number of aromatic amines is 1. The van der Waals surface area contributed by atoms with Gasteiger partial charge in [-0.1, -0.05) is 12.2 Å². The molecule has 0 aliphatic heterocycles. The van der Waals surface area contributed by atoms with Gasteiger partial charge in [0.25, 0.3) is 0 Å². The molecule has 0 bridgehead atoms. The van der Waals surface area contributed by atoms with Gasteiger partial charge in [0, 0.05) is 13.2 Å². The second kappa shape index (κ2) is 6.50. The standard InChI is InChI=1S/C9H11N5O3.CH4O/c10-9-12-7(11-5-3-1-2-4-5)6(14(16)17)8(15)13-9;1-2/h1,3,5H,2,4H2,(H4,10,11,12,13,15);2H,1H3/t5-;/m1./s1. The molecule has 5 N–H and O–H groups in total. The van der Waals surface area contributed by atoms with Crippen molar-refractivity contribution in [2.45, 2.75) is 18.9 Å². The Kier molecular flexibility index (Phi) is 5.01. The Labute approximate surface area is 108 Å². The largest absolute Gasteiger partial charge is 0.400 e. The number of aliphatic hydroxyl groups is 1. The molecule has 1 atom stereocenters. The number of nitrogens with zero attached hydrogens (tertiary/aromatic N) is 2. The van der Waals surface area contributed by atoms with E-state index >= 15 is 0 Å². The van der Waals surface area contributed by atoms with E-state index in [0.29, 0.717) is 0 Å². The number of hydrogen-bond donors (Lipinski definition) is 4. The first-order valence-electron chi connectivity index (χ1n) is 5.50. The molecule has 2 rings (SSSR count). The summed E-state index contributed by atoms with van der Waals surface area (Å²) in [6, 6.07) is -0.0533. The first-order chi connectivity index (χ1) is 9.08. The molecule has 9 heteroatoms. The van der Waals surface area contributed by atoms with Gasteiger partial charge >= 0.3 is 11.2 Å². The van der Waals surface area contributed by atoms with E-state index in [9.17, 15) is 14.9 Å². The normalized spacial score (nSPS) is 16.6. The topological polar surface area (TPSA) is 147 Å². The number of allylic oxidation sites excluding steroid dienone is 1. The summed E-state index contributed by atoms with van der Waals surface area (Å²) in [5.74, 6) is -0.238. The summed E-state index contributed by atoms with van der Waals surface area (Å²) >= 11 is 0. The Bertz CT molecular complexity index is 539. The first kappa shape index (κ1) is 14.6. The predicted octanol–water partition coefficient (Wildman–Crippen LogP) is -0.000700. The number of nitrogens with two attached hydrogens (primary N) is 1. The van der Waals surface area contributed by atoms with E-state index in [2.05, 4.69) is 15.3 Å². The van der Waals surface area contributed by atoms with Crippen molar-refractivity contribution in [3.63, 3.8) is 0 Å². The van der Waals surface area contributed by atoms with Crippen LogP contribution in [0.5, 0.6) is 0 Å². The van der Waals surface area contributed by atoms with Crippen molar-refractivity contribution >= 4 is 17.5 Å². The van der Waals surface area contributed by atoms with Crippen LogP contribution >= 0.6 is 0 Å². The zero-order valence-electron chi connectivity index (χ0n) is 10.3. The fraction of sp³-hybridized carbons (Fsp3) is 0.400. The molecule has 0 radical (unpaired) electrons. The lowest BCUT2D eigenvalue weighted by molar-refractivity contribution is -0.385. The van der Waals surface area contributed by atoms with E-state index in [1.807, 2.05) is 12.2 Å². The third kappa shape index (κ3) is 3.52. The molecule has 0 saturated heterocycles. The molecular weight excluding hydrogens is 254 g/mol. The number of aromatic nitrogens is 2. The highest BCUT2D eigenvalue weighted by Gasteiger charge is 2.23. The van der Waals surface area contributed by atoms with Gasteiger partial charge in [0.15, 0.2) is 0 Å². The van der Waals surface area contributed by atoms with Gasteiger partial charge in [-0.05, 0) is 12.8 Å². The van der Waals surface area contributed by atoms with Gasteiger partial charge in [0.1, 0.15) is 0 Å². The fourth-order valence-electron chi connectivity index (χ4n) is 1.68. The summed E-state index contributed by atoms with van der Waals surface area (Å²) in [6.45, 7) is 0. The number of nitrogen functional groups attached to an aromatic ring is 1. The molecule has 0 saturated carbocycles. The number of rotatable bonds is 3. The van der Waals surface area contributed by atoms with Crippen molar-refractivity contribution in [2.75, 3.05) is 18.2 Å². The fourth-order valence-corrected chi connectivity index (χ4v) is 1.68. The Balaban J connectivity index is 0.000000861. The Morgan fingerprint density at radius 3 is 2.84 bits per heavy atom. The Morgan fingerprint density at radius 2 is 2.32 bits per heavy atom. The molecule has 0 aromatic carbocycles. The number of H-pyrrole nitrogens is 1. The minimum atomic E-state index is -0.855. The summed E-state index contributed by atoms with van der Waals surface area (Å²) in [7, 11) is 1.00. The van der Waals surface area contributed by atoms with E-state index in [-0.39, 0.29) is 17.8 Å². The molecule has 9 nitrogen and oxygen atoms in total. The SMILES string of the molecule is CO.Nc1nc(N[C@@H]2C=CCC2)c([N+](=O)[O-])c(=O)[nH]1. The maximum Gasteiger partial charge on any atom is 0.375 e. The third-order valence-electron chi connectivity index (χ3n) is 2.43. The van der Waals surface area contributed by atoms with Crippen molar-refractivity contribution in [1.29, 1.82) is 0 Å². The predicted molar refractivity (Wildman–Crippen MR) is 69.9 cm³/mol. The molecule has 1 aromatic rings. The summed E-state index contributed by atoms with van der Waals surface area (Å²) in [4.78, 5) is 27.3. The van der Waals surface area contributed by atoms with Crippen molar-refractivity contribution in [1.82, 2.24) is 9.97 Å². The van der Waals surface area contributed by atoms with Crippen LogP contribution in [0.4, 0.5) is 17.5 Å². The van der Waals surface area contributed by atoms with Gasteiger partial charge in [-0.15, -0.1) is 0 Å². The van der Waals surface area contributed by atoms with E-state index in [0.717, 1.165) is 20.0 Å². The molecule has 1 heterocycles. The van der Waals surface area contributed by atoms with Crippen LogP contribution in [-0.2, 0) is 0 Å². The average molecular weight is 269 g/mol. The smallest absolute Gasteiger partial charge is 0.375 e. The van der Waals surface area contributed by atoms with E-state index in [4.69, 9.17) is 10.8 Å². The zero-order valence-corrected chi connectivity index (χ0v) is 10.3. The van der Waals surface area contributed by atoms with Gasteiger partial charge in [-0.25, -0.2) is 0 Å². The lowest BCUT2D eigenvalue weighted by Crippen LogP contribution is -2.22. The maximum absolute atomic E-state index is 11.4. The van der Waals surface area contributed by atoms with Crippen LogP contribution in [0.2, 0.25) is 0 Å². The van der Waals surface area contributed by atoms with Crippen molar-refractivity contribution < 1.29 is 10.0 Å². The Hall–Kier alpha value is -2.42. The van der Waals surface area contributed by atoms with Gasteiger partial charge in [-0.2, -0.15) is 4.98 Å². The van der Waals surface area contributed by atoms with Crippen molar-refractivity contribution in [3.8, 4) is 0 Å². The molecule has 1 aromatic heterocycles. The van der Waals surface area contributed by atoms with Crippen molar-refractivity contribution in [2.24, 2.45) is 0 Å². The average Bonchev–Trinajstić information content (AvgIpc) is 2.83. The van der Waals surface area contributed by atoms with Gasteiger partial charge in [0.2, 0.25) is 11.8 Å². The van der Waals surface area contributed by atoms with Crippen LogP contribution in [0.25, 0.3) is 0 Å². The van der Waals surface area contributed by atoms with E-state index in [1.165, 1.54) is 0 Å². The molecule has 0 amide bonds. The molecule has 0 unspecified atom stereocenters. The number of hydrogen-bond acceptors (Lipinski definition) is 7. The number of aliphatic hydroxyl groups excluding tert-OH is 1. The third-order valence-corrected chi connectivity index (χ3v) is 2.43. The molecule has 104 valence electrons. The van der Waals surface area contributed by atoms with Crippen LogP contribution in [0, 0.1) is 10.1 Å². The Morgan fingerprint density at radius 1 is 1.63 bits per heavy atom. The highest BCUT2D eigenvalue weighted by Crippen LogP contribution is 2.21. The summed E-state index contributed by atoms with van der Waals surface area (Å²) < 4.78 is 0. The van der Waals surface area contributed by atoms with Crippen molar-refractivity contribution in [3.05, 3.63) is 32.6 Å². The lowest BCUT2D eigenvalue weighted by Gasteiger charge is -2.11. The highest BCUT2D eigenvalue weighted by atomic mass is 16.6. The molecule has 1 aliphatic carbocycles. The lowest BCUT2D eigenvalue weighted by atomic mass is 10.2. The molecule has 1 aliphatic rings. The van der Waals surface area contributed by atoms with Crippen LogP contribution in [0.1, 0.15) is 12.8 Å². The van der Waals surface area contributed by atoms with E-state index in [1.54, 1.807) is 0 Å². The molecule has 19 heavy (non-hydrogen) atoms. The van der Waals surface area contributed by atoms with Gasteiger partial charge < -0.3 is 16.2 Å². The monoisotopic (exact) mass is 269 g/mol. The maximum atomic E-state index is 11.4. The molecule has 0 spiro atoms. The number of anilines is 2. The quantitative estimate of drug-likeness (QED) is 0.343. The summed E-state index contributed by atoms with van der Waals surface area (Å²) in [6.07, 6.45) is 5.54. The minimum Gasteiger partial charge on any atom is -0.400 e. The zero-order chi connectivity index (χ0) is 14.4. The molecule has 0 fully saturated rings. The second-order valence-electron chi connectivity index (χ2n) is 3.66. The van der Waals surface area contributed by atoms with Crippen LogP contribution < -0.4 is 16.6 Å². The minimum absolute atomic E-state index is 0.0533. The van der Waals surface area contributed by atoms with Gasteiger partial charge in [0.05, 0.1) is 4.92 Å². The van der Waals surface area contributed by atoms with Crippen LogP contribution in [-0.4, -0.2) is 33.1 Å². The molecular formula is C10H15N5O4.